The molecule has 2 fully saturated rings. The first kappa shape index (κ1) is 15.9. The Hall–Kier alpha value is -1.58. The molecule has 0 aliphatic heterocycles. The Kier molecular flexibility index (Phi) is 3.45. The van der Waals surface area contributed by atoms with Gasteiger partial charge < -0.3 is 9.15 Å². The van der Waals surface area contributed by atoms with E-state index in [-0.39, 0.29) is 34.9 Å². The fraction of sp³-hybridized carbons (Fsp3) is 0.700. The number of Topliss-reactive ketones (excluding diaryl/α,β-unsaturated/α-hetero) is 1. The van der Waals surface area contributed by atoms with Crippen molar-refractivity contribution < 1.29 is 18.7 Å². The van der Waals surface area contributed by atoms with Crippen molar-refractivity contribution in [2.75, 3.05) is 7.11 Å². The van der Waals surface area contributed by atoms with E-state index >= 15 is 0 Å². The minimum atomic E-state index is -0.431. The van der Waals surface area contributed by atoms with E-state index in [1.807, 2.05) is 6.07 Å². The molecule has 3 aliphatic carbocycles. The molecule has 5 atom stereocenters. The van der Waals surface area contributed by atoms with Gasteiger partial charge in [-0.1, -0.05) is 13.3 Å². The van der Waals surface area contributed by atoms with Gasteiger partial charge in [0.1, 0.15) is 5.76 Å². The van der Waals surface area contributed by atoms with Gasteiger partial charge in [-0.15, -0.1) is 0 Å². The van der Waals surface area contributed by atoms with Gasteiger partial charge in [0.05, 0.1) is 24.4 Å². The second-order valence-electron chi connectivity index (χ2n) is 8.44. The van der Waals surface area contributed by atoms with E-state index in [2.05, 4.69) is 13.8 Å². The average Bonchev–Trinajstić information content (AvgIpc) is 3.03. The lowest BCUT2D eigenvalue weighted by Crippen LogP contribution is -2.57. The van der Waals surface area contributed by atoms with E-state index in [0.29, 0.717) is 0 Å². The third kappa shape index (κ3) is 1.91. The maximum Gasteiger partial charge on any atom is 0.311 e. The molecule has 4 nitrogen and oxygen atoms in total. The van der Waals surface area contributed by atoms with Crippen molar-refractivity contribution >= 4 is 11.8 Å². The molecule has 1 aromatic rings. The van der Waals surface area contributed by atoms with Crippen LogP contribution in [0.25, 0.3) is 0 Å². The smallest absolute Gasteiger partial charge is 0.311 e. The Morgan fingerprint density at radius 2 is 2.08 bits per heavy atom. The van der Waals surface area contributed by atoms with E-state index < -0.39 is 5.41 Å². The van der Waals surface area contributed by atoms with Crippen LogP contribution in [0, 0.1) is 28.6 Å². The highest BCUT2D eigenvalue weighted by atomic mass is 16.5. The summed E-state index contributed by atoms with van der Waals surface area (Å²) in [5.41, 5.74) is 0.341. The molecule has 0 spiro atoms. The molecule has 24 heavy (non-hydrogen) atoms. The molecule has 0 amide bonds. The number of methoxy groups -OCH3 is 1. The van der Waals surface area contributed by atoms with Crippen molar-refractivity contribution in [3.63, 3.8) is 0 Å². The Morgan fingerprint density at radius 1 is 1.29 bits per heavy atom. The molecule has 4 rings (SSSR count). The lowest BCUT2D eigenvalue weighted by Gasteiger charge is -2.59. The first-order valence-corrected chi connectivity index (χ1v) is 9.11. The molecule has 0 bridgehead atoms. The molecular weight excluding hydrogens is 304 g/mol. The number of carbonyl (C=O) groups excluding carboxylic acids is 2. The zero-order valence-electron chi connectivity index (χ0n) is 14.8. The quantitative estimate of drug-likeness (QED) is 0.730. The number of fused-ring (bicyclic) bond motifs is 4. The molecule has 1 heterocycles. The summed E-state index contributed by atoms with van der Waals surface area (Å²) in [6, 6.07) is 1.82. The standard InChI is InChI=1S/C20H26O4/c1-19-8-4-9-20(2,18(22)23-3)16(19)6-5-12-14(19)11-15-13(17(12)21)7-10-24-15/h7,10,12,14,16H,4-6,8-9,11H2,1-3H3/t12-,14+,16-,19-,20-/m1/s1. The van der Waals surface area contributed by atoms with E-state index in [4.69, 9.17) is 9.15 Å². The van der Waals surface area contributed by atoms with Crippen molar-refractivity contribution in [3.05, 3.63) is 23.7 Å². The highest BCUT2D eigenvalue weighted by Crippen LogP contribution is 2.63. The van der Waals surface area contributed by atoms with Crippen molar-refractivity contribution in [2.45, 2.75) is 52.4 Å². The van der Waals surface area contributed by atoms with Crippen molar-refractivity contribution in [1.29, 1.82) is 0 Å². The summed E-state index contributed by atoms with van der Waals surface area (Å²) in [6.45, 7) is 4.38. The molecule has 4 heteroatoms. The average molecular weight is 330 g/mol. The highest BCUT2D eigenvalue weighted by Gasteiger charge is 2.61. The number of rotatable bonds is 1. The molecule has 3 aliphatic rings. The van der Waals surface area contributed by atoms with Crippen LogP contribution in [-0.4, -0.2) is 18.9 Å². The van der Waals surface area contributed by atoms with E-state index in [1.165, 1.54) is 7.11 Å². The number of furan rings is 1. The monoisotopic (exact) mass is 330 g/mol. The fourth-order valence-electron chi connectivity index (χ4n) is 6.30. The maximum atomic E-state index is 12.9. The van der Waals surface area contributed by atoms with Gasteiger partial charge in [0.15, 0.2) is 5.78 Å². The minimum absolute atomic E-state index is 0.00968. The topological polar surface area (TPSA) is 56.5 Å². The van der Waals surface area contributed by atoms with Crippen LogP contribution in [0.2, 0.25) is 0 Å². The van der Waals surface area contributed by atoms with Crippen molar-refractivity contribution in [2.24, 2.45) is 28.6 Å². The zero-order valence-corrected chi connectivity index (χ0v) is 14.8. The molecule has 0 unspecified atom stereocenters. The lowest BCUT2D eigenvalue weighted by molar-refractivity contribution is -0.172. The predicted octanol–water partition coefficient (Wildman–Crippen LogP) is 4.03. The highest BCUT2D eigenvalue weighted by molar-refractivity contribution is 6.00. The second kappa shape index (κ2) is 5.21. The number of hydrogen-bond donors (Lipinski definition) is 0. The fourth-order valence-corrected chi connectivity index (χ4v) is 6.30. The Bertz CT molecular complexity index is 690. The van der Waals surface area contributed by atoms with E-state index in [0.717, 1.165) is 49.8 Å². The SMILES string of the molecule is COC(=O)[C@]1(C)CCC[C@@]2(C)[C@H]1CC[C@H]1C(=O)c3ccoc3C[C@@H]12. The van der Waals surface area contributed by atoms with Crippen molar-refractivity contribution in [1.82, 2.24) is 0 Å². The summed E-state index contributed by atoms with van der Waals surface area (Å²) in [5, 5.41) is 0. The summed E-state index contributed by atoms with van der Waals surface area (Å²) < 4.78 is 10.8. The molecule has 2 saturated carbocycles. The lowest BCUT2D eigenvalue weighted by atomic mass is 9.44. The summed E-state index contributed by atoms with van der Waals surface area (Å²) >= 11 is 0. The Morgan fingerprint density at radius 3 is 2.83 bits per heavy atom. The van der Waals surface area contributed by atoms with Crippen molar-refractivity contribution in [3.8, 4) is 0 Å². The molecule has 1 aromatic heterocycles. The van der Waals surface area contributed by atoms with Gasteiger partial charge in [-0.05, 0) is 55.9 Å². The maximum absolute atomic E-state index is 12.9. The third-order valence-corrected chi connectivity index (χ3v) is 7.48. The summed E-state index contributed by atoms with van der Waals surface area (Å²) in [4.78, 5) is 25.5. The van der Waals surface area contributed by atoms with Gasteiger partial charge in [0.2, 0.25) is 0 Å². The third-order valence-electron chi connectivity index (χ3n) is 7.48. The summed E-state index contributed by atoms with van der Waals surface area (Å²) in [5.74, 6) is 1.63. The summed E-state index contributed by atoms with van der Waals surface area (Å²) in [6.07, 6.45) is 7.25. The van der Waals surface area contributed by atoms with Gasteiger partial charge in [0, 0.05) is 12.3 Å². The molecule has 0 radical (unpaired) electrons. The Balaban J connectivity index is 1.75. The van der Waals surface area contributed by atoms with Gasteiger partial charge in [-0.2, -0.15) is 0 Å². The van der Waals surface area contributed by atoms with Crippen LogP contribution in [0.1, 0.15) is 62.1 Å². The zero-order chi connectivity index (χ0) is 17.1. The van der Waals surface area contributed by atoms with E-state index in [9.17, 15) is 9.59 Å². The Labute approximate surface area is 142 Å². The minimum Gasteiger partial charge on any atom is -0.469 e. The number of carbonyl (C=O) groups is 2. The number of esters is 1. The van der Waals surface area contributed by atoms with Crippen LogP contribution in [0.4, 0.5) is 0 Å². The molecule has 130 valence electrons. The van der Waals surface area contributed by atoms with Gasteiger partial charge in [0.25, 0.3) is 0 Å². The normalized spacial score (nSPS) is 41.1. The summed E-state index contributed by atoms with van der Waals surface area (Å²) in [7, 11) is 1.49. The number of ether oxygens (including phenoxy) is 1. The van der Waals surface area contributed by atoms with Crippen LogP contribution in [0.15, 0.2) is 16.7 Å². The van der Waals surface area contributed by atoms with Gasteiger partial charge in [-0.3, -0.25) is 9.59 Å². The number of ketones is 1. The molecule has 0 N–H and O–H groups in total. The first-order valence-electron chi connectivity index (χ1n) is 9.11. The van der Waals surface area contributed by atoms with Gasteiger partial charge in [-0.25, -0.2) is 0 Å². The second-order valence-corrected chi connectivity index (χ2v) is 8.44. The van der Waals surface area contributed by atoms with Crippen LogP contribution in [-0.2, 0) is 16.0 Å². The predicted molar refractivity (Wildman–Crippen MR) is 88.5 cm³/mol. The van der Waals surface area contributed by atoms with Crippen LogP contribution in [0.3, 0.4) is 0 Å². The van der Waals surface area contributed by atoms with E-state index in [1.54, 1.807) is 6.26 Å². The molecular formula is C20H26O4. The molecule has 0 aromatic carbocycles. The first-order chi connectivity index (χ1) is 11.4. The largest absolute Gasteiger partial charge is 0.469 e. The molecule has 0 saturated heterocycles. The number of hydrogen-bond acceptors (Lipinski definition) is 4. The van der Waals surface area contributed by atoms with Crippen LogP contribution >= 0.6 is 0 Å². The van der Waals surface area contributed by atoms with Gasteiger partial charge >= 0.3 is 5.97 Å². The van der Waals surface area contributed by atoms with Crippen LogP contribution in [0.5, 0.6) is 0 Å². The van der Waals surface area contributed by atoms with Crippen LogP contribution < -0.4 is 0 Å².